The SMILES string of the molecule is COc1cc(C2C3=C(CC(C)(C)CC3=O)Nc3c2c(C)nn3-c2cccc(C)c2)ccc1O. The number of anilines is 1. The molecule has 1 aromatic heterocycles. The van der Waals surface area contributed by atoms with Gasteiger partial charge in [0.25, 0.3) is 0 Å². The number of Topliss-reactive ketones (excluding diaryl/α,β-unsaturated/α-hetero) is 1. The van der Waals surface area contributed by atoms with Crippen molar-refractivity contribution < 1.29 is 14.6 Å². The molecule has 2 heterocycles. The molecular formula is C27H29N3O3. The van der Waals surface area contributed by atoms with Crippen LogP contribution in [0.5, 0.6) is 11.5 Å². The normalized spacial score (nSPS) is 19.1. The topological polar surface area (TPSA) is 76.4 Å². The van der Waals surface area contributed by atoms with Crippen LogP contribution in [0.3, 0.4) is 0 Å². The Morgan fingerprint density at radius 2 is 1.94 bits per heavy atom. The van der Waals surface area contributed by atoms with Crippen molar-refractivity contribution in [3.05, 3.63) is 76.1 Å². The third-order valence-electron chi connectivity index (χ3n) is 6.66. The van der Waals surface area contributed by atoms with Crippen molar-refractivity contribution in [3.8, 4) is 17.2 Å². The number of carbonyl (C=O) groups excluding carboxylic acids is 1. The molecule has 1 aliphatic carbocycles. The maximum Gasteiger partial charge on any atom is 0.162 e. The highest BCUT2D eigenvalue weighted by Gasteiger charge is 2.43. The number of phenolic OH excluding ortho intramolecular Hbond substituents is 1. The first-order valence-corrected chi connectivity index (χ1v) is 11.3. The maximum atomic E-state index is 13.5. The van der Waals surface area contributed by atoms with Crippen molar-refractivity contribution in [2.24, 2.45) is 5.41 Å². The highest BCUT2D eigenvalue weighted by Crippen LogP contribution is 2.51. The number of methoxy groups -OCH3 is 1. The van der Waals surface area contributed by atoms with Crippen LogP contribution in [-0.4, -0.2) is 27.8 Å². The number of aryl methyl sites for hydroxylation is 2. The molecule has 0 bridgehead atoms. The minimum absolute atomic E-state index is 0.0768. The van der Waals surface area contributed by atoms with Gasteiger partial charge in [-0.25, -0.2) is 4.68 Å². The van der Waals surface area contributed by atoms with Gasteiger partial charge in [0.05, 0.1) is 18.5 Å². The second-order valence-electron chi connectivity index (χ2n) is 9.92. The number of allylic oxidation sites excluding steroid dienone is 2. The van der Waals surface area contributed by atoms with Crippen LogP contribution in [0.15, 0.2) is 53.7 Å². The predicted molar refractivity (Wildman–Crippen MR) is 128 cm³/mol. The summed E-state index contributed by atoms with van der Waals surface area (Å²) in [5.74, 6) is 1.22. The number of nitrogens with one attached hydrogen (secondary N) is 1. The number of benzene rings is 2. The van der Waals surface area contributed by atoms with E-state index >= 15 is 0 Å². The summed E-state index contributed by atoms with van der Waals surface area (Å²) < 4.78 is 7.33. The summed E-state index contributed by atoms with van der Waals surface area (Å²) in [5, 5.41) is 18.7. The highest BCUT2D eigenvalue weighted by atomic mass is 16.5. The molecule has 0 radical (unpaired) electrons. The van der Waals surface area contributed by atoms with Crippen molar-refractivity contribution in [1.82, 2.24) is 9.78 Å². The van der Waals surface area contributed by atoms with E-state index in [4.69, 9.17) is 9.84 Å². The number of fused-ring (bicyclic) bond motifs is 1. The zero-order chi connectivity index (χ0) is 23.5. The molecule has 0 fully saturated rings. The molecule has 0 saturated heterocycles. The van der Waals surface area contributed by atoms with E-state index in [1.54, 1.807) is 6.07 Å². The third-order valence-corrected chi connectivity index (χ3v) is 6.66. The molecule has 5 rings (SSSR count). The smallest absolute Gasteiger partial charge is 0.162 e. The molecule has 0 spiro atoms. The van der Waals surface area contributed by atoms with E-state index < -0.39 is 0 Å². The molecule has 6 nitrogen and oxygen atoms in total. The van der Waals surface area contributed by atoms with Gasteiger partial charge < -0.3 is 15.2 Å². The van der Waals surface area contributed by atoms with Crippen LogP contribution in [0.2, 0.25) is 0 Å². The number of rotatable bonds is 3. The fourth-order valence-corrected chi connectivity index (χ4v) is 5.23. The van der Waals surface area contributed by atoms with E-state index in [2.05, 4.69) is 38.2 Å². The number of carbonyl (C=O) groups is 1. The minimum atomic E-state index is -0.284. The summed E-state index contributed by atoms with van der Waals surface area (Å²) in [6.45, 7) is 8.32. The number of nitrogens with zero attached hydrogens (tertiary/aromatic N) is 2. The molecule has 2 aliphatic rings. The maximum absolute atomic E-state index is 13.5. The largest absolute Gasteiger partial charge is 0.504 e. The van der Waals surface area contributed by atoms with Crippen LogP contribution >= 0.6 is 0 Å². The zero-order valence-electron chi connectivity index (χ0n) is 19.7. The van der Waals surface area contributed by atoms with Crippen molar-refractivity contribution >= 4 is 11.6 Å². The fourth-order valence-electron chi connectivity index (χ4n) is 5.23. The first-order chi connectivity index (χ1) is 15.7. The van der Waals surface area contributed by atoms with Gasteiger partial charge in [-0.1, -0.05) is 32.0 Å². The fraction of sp³-hybridized carbons (Fsp3) is 0.333. The number of aromatic hydroxyl groups is 1. The molecule has 1 unspecified atom stereocenters. The predicted octanol–water partition coefficient (Wildman–Crippen LogP) is 5.40. The Balaban J connectivity index is 1.77. The van der Waals surface area contributed by atoms with Crippen LogP contribution in [0.25, 0.3) is 5.69 Å². The van der Waals surface area contributed by atoms with Crippen molar-refractivity contribution in [2.75, 3.05) is 12.4 Å². The zero-order valence-corrected chi connectivity index (χ0v) is 19.7. The quantitative estimate of drug-likeness (QED) is 0.567. The van der Waals surface area contributed by atoms with Gasteiger partial charge in [0.1, 0.15) is 5.82 Å². The number of aromatic nitrogens is 2. The Kier molecular flexibility index (Phi) is 4.85. The Bertz CT molecular complexity index is 1320. The molecule has 0 saturated carbocycles. The monoisotopic (exact) mass is 443 g/mol. The molecular weight excluding hydrogens is 414 g/mol. The number of ketones is 1. The average Bonchev–Trinajstić information content (AvgIpc) is 3.08. The Labute approximate surface area is 193 Å². The number of ether oxygens (including phenoxy) is 1. The lowest BCUT2D eigenvalue weighted by Gasteiger charge is -2.38. The minimum Gasteiger partial charge on any atom is -0.504 e. The first-order valence-electron chi connectivity index (χ1n) is 11.3. The Morgan fingerprint density at radius 1 is 1.15 bits per heavy atom. The molecule has 3 aromatic rings. The molecule has 1 atom stereocenters. The summed E-state index contributed by atoms with van der Waals surface area (Å²) in [5.41, 5.74) is 6.49. The van der Waals surface area contributed by atoms with Gasteiger partial charge in [0.2, 0.25) is 0 Å². The van der Waals surface area contributed by atoms with E-state index in [1.807, 2.05) is 35.9 Å². The molecule has 0 amide bonds. The number of hydrogen-bond acceptors (Lipinski definition) is 5. The second-order valence-corrected chi connectivity index (χ2v) is 9.92. The molecule has 170 valence electrons. The summed E-state index contributed by atoms with van der Waals surface area (Å²) in [4.78, 5) is 13.5. The van der Waals surface area contributed by atoms with Gasteiger partial charge in [-0.15, -0.1) is 0 Å². The lowest BCUT2D eigenvalue weighted by Crippen LogP contribution is -2.34. The van der Waals surface area contributed by atoms with Gasteiger partial charge in [0, 0.05) is 29.2 Å². The van der Waals surface area contributed by atoms with E-state index in [0.29, 0.717) is 12.2 Å². The van der Waals surface area contributed by atoms with Crippen molar-refractivity contribution in [1.29, 1.82) is 0 Å². The summed E-state index contributed by atoms with van der Waals surface area (Å²) in [6, 6.07) is 13.6. The van der Waals surface area contributed by atoms with Gasteiger partial charge in [-0.2, -0.15) is 5.10 Å². The van der Waals surface area contributed by atoms with Crippen LogP contribution in [0.4, 0.5) is 5.82 Å². The molecule has 6 heteroatoms. The van der Waals surface area contributed by atoms with Gasteiger partial charge in [-0.3, -0.25) is 4.79 Å². The third kappa shape index (κ3) is 3.50. The lowest BCUT2D eigenvalue weighted by atomic mass is 9.69. The second kappa shape index (κ2) is 7.51. The van der Waals surface area contributed by atoms with E-state index in [1.165, 1.54) is 7.11 Å². The van der Waals surface area contributed by atoms with E-state index in [9.17, 15) is 9.90 Å². The van der Waals surface area contributed by atoms with Crippen LogP contribution in [0.1, 0.15) is 55.0 Å². The van der Waals surface area contributed by atoms with Gasteiger partial charge in [-0.05, 0) is 61.1 Å². The molecule has 1 aliphatic heterocycles. The molecule has 2 N–H and O–H groups in total. The van der Waals surface area contributed by atoms with Gasteiger partial charge in [0.15, 0.2) is 17.3 Å². The lowest BCUT2D eigenvalue weighted by molar-refractivity contribution is -0.118. The highest BCUT2D eigenvalue weighted by molar-refractivity contribution is 6.01. The van der Waals surface area contributed by atoms with Crippen LogP contribution < -0.4 is 10.1 Å². The van der Waals surface area contributed by atoms with E-state index in [0.717, 1.165) is 51.6 Å². The Hall–Kier alpha value is -3.54. The van der Waals surface area contributed by atoms with E-state index in [-0.39, 0.29) is 22.9 Å². The van der Waals surface area contributed by atoms with Crippen molar-refractivity contribution in [2.45, 2.75) is 46.5 Å². The first kappa shape index (κ1) is 21.3. The summed E-state index contributed by atoms with van der Waals surface area (Å²) in [7, 11) is 1.53. The van der Waals surface area contributed by atoms with Gasteiger partial charge >= 0.3 is 0 Å². The average molecular weight is 444 g/mol. The standard InChI is InChI=1S/C27H29N3O3/c1-15-7-6-8-18(11-15)30-26-23(16(2)29-30)24(17-9-10-20(31)22(12-17)33-5)25-19(28-26)13-27(3,4)14-21(25)32/h6-12,24,28,31H,13-14H2,1-5H3. The summed E-state index contributed by atoms with van der Waals surface area (Å²) >= 11 is 0. The summed E-state index contributed by atoms with van der Waals surface area (Å²) in [6.07, 6.45) is 1.27. The molecule has 2 aromatic carbocycles. The van der Waals surface area contributed by atoms with Crippen LogP contribution in [0, 0.1) is 19.3 Å². The van der Waals surface area contributed by atoms with Crippen molar-refractivity contribution in [3.63, 3.8) is 0 Å². The molecule has 33 heavy (non-hydrogen) atoms. The number of hydrogen-bond donors (Lipinski definition) is 2. The Morgan fingerprint density at radius 3 is 2.67 bits per heavy atom. The van der Waals surface area contributed by atoms with Crippen LogP contribution in [-0.2, 0) is 4.79 Å². The number of phenols is 1.